The Kier molecular flexibility index (Phi) is 4.69. The molecule has 0 unspecified atom stereocenters. The predicted molar refractivity (Wildman–Crippen MR) is 73.8 cm³/mol. The van der Waals surface area contributed by atoms with Crippen molar-refractivity contribution in [1.82, 2.24) is 5.32 Å². The third-order valence-corrected chi connectivity index (χ3v) is 3.05. The van der Waals surface area contributed by atoms with Crippen LogP contribution < -0.4 is 5.32 Å². The summed E-state index contributed by atoms with van der Waals surface area (Å²) in [5.41, 5.74) is 1.12. The molecule has 0 bridgehead atoms. The van der Waals surface area contributed by atoms with Crippen molar-refractivity contribution < 1.29 is 13.6 Å². The number of carbonyl (C=O) groups is 1. The van der Waals surface area contributed by atoms with Crippen LogP contribution in [0.25, 0.3) is 0 Å². The SMILES string of the molecule is O=C(NCCc1ccc(Cl)cc1)c1ccc(F)c(F)c1. The van der Waals surface area contributed by atoms with E-state index >= 15 is 0 Å². The Hall–Kier alpha value is -1.94. The van der Waals surface area contributed by atoms with E-state index in [9.17, 15) is 13.6 Å². The lowest BCUT2D eigenvalue weighted by Gasteiger charge is -2.06. The average molecular weight is 296 g/mol. The third-order valence-electron chi connectivity index (χ3n) is 2.79. The topological polar surface area (TPSA) is 29.1 Å². The van der Waals surface area contributed by atoms with Gasteiger partial charge in [0.2, 0.25) is 0 Å². The molecule has 20 heavy (non-hydrogen) atoms. The Balaban J connectivity index is 1.88. The Morgan fingerprint density at radius 2 is 1.75 bits per heavy atom. The fraction of sp³-hybridized carbons (Fsp3) is 0.133. The lowest BCUT2D eigenvalue weighted by atomic mass is 10.1. The first-order valence-electron chi connectivity index (χ1n) is 6.04. The van der Waals surface area contributed by atoms with Gasteiger partial charge in [0, 0.05) is 17.1 Å². The molecule has 5 heteroatoms. The maximum absolute atomic E-state index is 13.0. The second kappa shape index (κ2) is 6.48. The van der Waals surface area contributed by atoms with Crippen molar-refractivity contribution >= 4 is 17.5 Å². The normalized spacial score (nSPS) is 10.3. The molecule has 1 amide bonds. The summed E-state index contributed by atoms with van der Waals surface area (Å²) in [7, 11) is 0. The molecule has 0 fully saturated rings. The molecule has 0 aliphatic rings. The Labute approximate surface area is 120 Å². The zero-order valence-corrected chi connectivity index (χ0v) is 11.3. The van der Waals surface area contributed by atoms with Crippen molar-refractivity contribution in [1.29, 1.82) is 0 Å². The molecule has 0 radical (unpaired) electrons. The highest BCUT2D eigenvalue weighted by molar-refractivity contribution is 6.30. The molecule has 2 aromatic carbocycles. The summed E-state index contributed by atoms with van der Waals surface area (Å²) in [5.74, 6) is -2.43. The van der Waals surface area contributed by atoms with E-state index in [4.69, 9.17) is 11.6 Å². The molecule has 0 saturated carbocycles. The van der Waals surface area contributed by atoms with Crippen LogP contribution in [-0.2, 0) is 6.42 Å². The van der Waals surface area contributed by atoms with E-state index in [2.05, 4.69) is 5.32 Å². The second-order valence-corrected chi connectivity index (χ2v) is 4.70. The Morgan fingerprint density at radius 3 is 2.40 bits per heavy atom. The fourth-order valence-electron chi connectivity index (χ4n) is 1.71. The van der Waals surface area contributed by atoms with Gasteiger partial charge in [-0.25, -0.2) is 8.78 Å². The van der Waals surface area contributed by atoms with Gasteiger partial charge in [0.05, 0.1) is 0 Å². The molecule has 0 aromatic heterocycles. The van der Waals surface area contributed by atoms with Crippen molar-refractivity contribution in [3.8, 4) is 0 Å². The summed E-state index contributed by atoms with van der Waals surface area (Å²) in [6, 6.07) is 10.3. The van der Waals surface area contributed by atoms with E-state index in [1.54, 1.807) is 12.1 Å². The van der Waals surface area contributed by atoms with Crippen LogP contribution >= 0.6 is 11.6 Å². The molecular weight excluding hydrogens is 284 g/mol. The number of nitrogens with one attached hydrogen (secondary N) is 1. The van der Waals surface area contributed by atoms with Crippen LogP contribution in [0.15, 0.2) is 42.5 Å². The highest BCUT2D eigenvalue weighted by Crippen LogP contribution is 2.10. The zero-order valence-electron chi connectivity index (χ0n) is 10.5. The van der Waals surface area contributed by atoms with Crippen LogP contribution in [0, 0.1) is 11.6 Å². The fourth-order valence-corrected chi connectivity index (χ4v) is 1.84. The molecule has 0 aliphatic carbocycles. The van der Waals surface area contributed by atoms with E-state index in [1.165, 1.54) is 6.07 Å². The van der Waals surface area contributed by atoms with Gasteiger partial charge in [0.1, 0.15) is 0 Å². The molecule has 0 spiro atoms. The van der Waals surface area contributed by atoms with E-state index in [0.717, 1.165) is 17.7 Å². The maximum Gasteiger partial charge on any atom is 0.251 e. The van der Waals surface area contributed by atoms with Gasteiger partial charge < -0.3 is 5.32 Å². The van der Waals surface area contributed by atoms with Gasteiger partial charge in [0.15, 0.2) is 11.6 Å². The van der Waals surface area contributed by atoms with Crippen LogP contribution in [0.4, 0.5) is 8.78 Å². The summed E-state index contributed by atoms with van der Waals surface area (Å²) in [4.78, 5) is 11.7. The molecule has 1 N–H and O–H groups in total. The number of halogens is 3. The first-order valence-corrected chi connectivity index (χ1v) is 6.42. The summed E-state index contributed by atoms with van der Waals surface area (Å²) < 4.78 is 25.7. The Bertz CT molecular complexity index is 614. The number of hydrogen-bond acceptors (Lipinski definition) is 1. The van der Waals surface area contributed by atoms with Gasteiger partial charge in [-0.2, -0.15) is 0 Å². The third kappa shape index (κ3) is 3.78. The first-order chi connectivity index (χ1) is 9.56. The monoisotopic (exact) mass is 295 g/mol. The van der Waals surface area contributed by atoms with Gasteiger partial charge in [-0.1, -0.05) is 23.7 Å². The van der Waals surface area contributed by atoms with Gasteiger partial charge in [-0.15, -0.1) is 0 Å². The molecule has 2 aromatic rings. The van der Waals surface area contributed by atoms with Crippen molar-refractivity contribution in [3.05, 3.63) is 70.2 Å². The average Bonchev–Trinajstić information content (AvgIpc) is 2.44. The molecule has 0 atom stereocenters. The van der Waals surface area contributed by atoms with E-state index in [0.29, 0.717) is 18.0 Å². The minimum Gasteiger partial charge on any atom is -0.352 e. The largest absolute Gasteiger partial charge is 0.352 e. The van der Waals surface area contributed by atoms with Crippen LogP contribution in [0.5, 0.6) is 0 Å². The van der Waals surface area contributed by atoms with Crippen molar-refractivity contribution in [3.63, 3.8) is 0 Å². The van der Waals surface area contributed by atoms with E-state index < -0.39 is 17.5 Å². The zero-order chi connectivity index (χ0) is 14.5. The molecular formula is C15H12ClF2NO. The molecule has 0 saturated heterocycles. The van der Waals surface area contributed by atoms with Crippen molar-refractivity contribution in [2.45, 2.75) is 6.42 Å². The van der Waals surface area contributed by atoms with Gasteiger partial charge in [0.25, 0.3) is 5.91 Å². The van der Waals surface area contributed by atoms with Gasteiger partial charge >= 0.3 is 0 Å². The number of rotatable bonds is 4. The minimum atomic E-state index is -1.03. The smallest absolute Gasteiger partial charge is 0.251 e. The predicted octanol–water partition coefficient (Wildman–Crippen LogP) is 3.59. The lowest BCUT2D eigenvalue weighted by Crippen LogP contribution is -2.25. The highest BCUT2D eigenvalue weighted by Gasteiger charge is 2.09. The standard InChI is InChI=1S/C15H12ClF2NO/c16-12-4-1-10(2-5-12)7-8-19-15(20)11-3-6-13(17)14(18)9-11/h1-6,9H,7-8H2,(H,19,20). The summed E-state index contributed by atoms with van der Waals surface area (Å²) in [5, 5.41) is 3.30. The van der Waals surface area contributed by atoms with Crippen molar-refractivity contribution in [2.24, 2.45) is 0 Å². The second-order valence-electron chi connectivity index (χ2n) is 4.26. The number of carbonyl (C=O) groups excluding carboxylic acids is 1. The van der Waals surface area contributed by atoms with Crippen LogP contribution in [0.3, 0.4) is 0 Å². The summed E-state index contributed by atoms with van der Waals surface area (Å²) in [6.07, 6.45) is 0.632. The first kappa shape index (κ1) is 14.5. The molecule has 2 nitrogen and oxygen atoms in total. The molecule has 2 rings (SSSR count). The summed E-state index contributed by atoms with van der Waals surface area (Å²) in [6.45, 7) is 0.402. The Morgan fingerprint density at radius 1 is 1.05 bits per heavy atom. The molecule has 0 aliphatic heterocycles. The van der Waals surface area contributed by atoms with Crippen LogP contribution in [0.1, 0.15) is 15.9 Å². The quantitative estimate of drug-likeness (QED) is 0.917. The number of hydrogen-bond donors (Lipinski definition) is 1. The maximum atomic E-state index is 13.0. The van der Waals surface area contributed by atoms with Gasteiger partial charge in [-0.3, -0.25) is 4.79 Å². The number of benzene rings is 2. The van der Waals surface area contributed by atoms with Crippen molar-refractivity contribution in [2.75, 3.05) is 6.54 Å². The van der Waals surface area contributed by atoms with E-state index in [1.807, 2.05) is 12.1 Å². The van der Waals surface area contributed by atoms with Crippen LogP contribution in [-0.4, -0.2) is 12.5 Å². The number of amides is 1. The minimum absolute atomic E-state index is 0.0972. The van der Waals surface area contributed by atoms with Crippen LogP contribution in [0.2, 0.25) is 5.02 Å². The molecule has 0 heterocycles. The lowest BCUT2D eigenvalue weighted by molar-refractivity contribution is 0.0953. The highest BCUT2D eigenvalue weighted by atomic mass is 35.5. The summed E-state index contributed by atoms with van der Waals surface area (Å²) >= 11 is 5.77. The molecule has 104 valence electrons. The van der Waals surface area contributed by atoms with Gasteiger partial charge in [-0.05, 0) is 42.3 Å². The van der Waals surface area contributed by atoms with E-state index in [-0.39, 0.29) is 5.56 Å².